The molecule has 33 heavy (non-hydrogen) atoms. The Morgan fingerprint density at radius 2 is 1.64 bits per heavy atom. The van der Waals surface area contributed by atoms with Gasteiger partial charge in [-0.1, -0.05) is 59.8 Å². The molecule has 1 aliphatic heterocycles. The molecular weight excluding hydrogens is 472 g/mol. The Morgan fingerprint density at radius 1 is 0.970 bits per heavy atom. The number of anilines is 3. The van der Waals surface area contributed by atoms with Crippen molar-refractivity contribution in [2.75, 3.05) is 42.1 Å². The van der Waals surface area contributed by atoms with E-state index in [-0.39, 0.29) is 5.91 Å². The van der Waals surface area contributed by atoms with Crippen LogP contribution in [0.25, 0.3) is 0 Å². The second-order valence-electron chi connectivity index (χ2n) is 7.74. The van der Waals surface area contributed by atoms with Crippen molar-refractivity contribution in [1.82, 2.24) is 4.90 Å². The predicted molar refractivity (Wildman–Crippen MR) is 144 cm³/mol. The molecule has 0 atom stereocenters. The second kappa shape index (κ2) is 10.9. The first-order chi connectivity index (χ1) is 16.0. The third-order valence-electron chi connectivity index (χ3n) is 5.52. The minimum absolute atomic E-state index is 0.179. The highest BCUT2D eigenvalue weighted by atomic mass is 35.5. The number of carbonyl (C=O) groups is 1. The highest BCUT2D eigenvalue weighted by Crippen LogP contribution is 2.23. The number of para-hydroxylation sites is 2. The highest BCUT2D eigenvalue weighted by Gasteiger charge is 2.19. The lowest BCUT2D eigenvalue weighted by molar-refractivity contribution is 0.102. The zero-order valence-electron chi connectivity index (χ0n) is 18.0. The van der Waals surface area contributed by atoms with Gasteiger partial charge in [-0.3, -0.25) is 4.79 Å². The third-order valence-corrected chi connectivity index (χ3v) is 7.36. The number of rotatable bonds is 5. The van der Waals surface area contributed by atoms with Gasteiger partial charge < -0.3 is 20.9 Å². The SMILES string of the molecule is Nc1ccccc1NC(=O)c1ccc(CSC(=S)N2CCN(c3ccc(Cl)cc3)CC2)cc1. The summed E-state index contributed by atoms with van der Waals surface area (Å²) in [6.07, 6.45) is 0. The van der Waals surface area contributed by atoms with E-state index < -0.39 is 0 Å². The fourth-order valence-corrected chi connectivity index (χ4v) is 4.93. The summed E-state index contributed by atoms with van der Waals surface area (Å²) in [5.74, 6) is 0.588. The van der Waals surface area contributed by atoms with Gasteiger partial charge in [-0.15, -0.1) is 0 Å². The van der Waals surface area contributed by atoms with E-state index in [4.69, 9.17) is 29.6 Å². The van der Waals surface area contributed by atoms with Gasteiger partial charge in [-0.2, -0.15) is 0 Å². The summed E-state index contributed by atoms with van der Waals surface area (Å²) >= 11 is 13.3. The van der Waals surface area contributed by atoms with Crippen LogP contribution in [0.2, 0.25) is 5.02 Å². The van der Waals surface area contributed by atoms with Crippen LogP contribution in [0.4, 0.5) is 17.1 Å². The summed E-state index contributed by atoms with van der Waals surface area (Å²) < 4.78 is 0.909. The van der Waals surface area contributed by atoms with Crippen molar-refractivity contribution in [3.63, 3.8) is 0 Å². The number of hydrogen-bond acceptors (Lipinski definition) is 5. The number of nitrogens with zero attached hydrogens (tertiary/aromatic N) is 2. The molecule has 5 nitrogen and oxygen atoms in total. The zero-order valence-corrected chi connectivity index (χ0v) is 20.4. The molecule has 3 aromatic carbocycles. The van der Waals surface area contributed by atoms with Crippen LogP contribution in [0.5, 0.6) is 0 Å². The monoisotopic (exact) mass is 496 g/mol. The fraction of sp³-hybridized carbons (Fsp3) is 0.200. The van der Waals surface area contributed by atoms with Gasteiger partial charge in [0.2, 0.25) is 0 Å². The van der Waals surface area contributed by atoms with Crippen LogP contribution in [0, 0.1) is 0 Å². The molecule has 1 fully saturated rings. The first-order valence-electron chi connectivity index (χ1n) is 10.7. The Morgan fingerprint density at radius 3 is 2.30 bits per heavy atom. The number of piperazine rings is 1. The molecule has 0 spiro atoms. The Hall–Kier alpha value is -2.74. The van der Waals surface area contributed by atoms with E-state index in [1.807, 2.05) is 48.5 Å². The maximum atomic E-state index is 12.5. The topological polar surface area (TPSA) is 61.6 Å². The van der Waals surface area contributed by atoms with Crippen molar-refractivity contribution in [1.29, 1.82) is 0 Å². The molecule has 0 bridgehead atoms. The number of thiocarbonyl (C=S) groups is 1. The van der Waals surface area contributed by atoms with Gasteiger partial charge in [0.05, 0.1) is 11.4 Å². The lowest BCUT2D eigenvalue weighted by Crippen LogP contribution is -2.47. The first-order valence-corrected chi connectivity index (χ1v) is 12.4. The lowest BCUT2D eigenvalue weighted by Gasteiger charge is -2.37. The number of carbonyl (C=O) groups excluding carboxylic acids is 1. The average Bonchev–Trinajstić information content (AvgIpc) is 2.85. The minimum atomic E-state index is -0.179. The Labute approximate surface area is 208 Å². The minimum Gasteiger partial charge on any atom is -0.397 e. The van der Waals surface area contributed by atoms with Gasteiger partial charge in [0.15, 0.2) is 0 Å². The summed E-state index contributed by atoms with van der Waals surface area (Å²) in [5, 5.41) is 3.60. The third kappa shape index (κ3) is 6.19. The normalized spacial score (nSPS) is 13.6. The molecule has 3 N–H and O–H groups in total. The number of hydrogen-bond donors (Lipinski definition) is 2. The van der Waals surface area contributed by atoms with E-state index in [0.29, 0.717) is 16.9 Å². The number of nitrogens with two attached hydrogens (primary N) is 1. The number of amides is 1. The first kappa shape index (κ1) is 23.4. The predicted octanol–water partition coefficient (Wildman–Crippen LogP) is 5.51. The van der Waals surface area contributed by atoms with Crippen LogP contribution in [0.15, 0.2) is 72.8 Å². The Balaban J connectivity index is 1.24. The Bertz CT molecular complexity index is 1110. The molecule has 1 amide bonds. The molecule has 0 radical (unpaired) electrons. The van der Waals surface area contributed by atoms with Crippen molar-refractivity contribution in [2.24, 2.45) is 0 Å². The van der Waals surface area contributed by atoms with E-state index in [9.17, 15) is 4.79 Å². The van der Waals surface area contributed by atoms with Crippen LogP contribution >= 0.6 is 35.6 Å². The standard InChI is InChI=1S/C25H25ClN4OS2/c26-20-9-11-21(12-10-20)29-13-15-30(16-14-29)25(32)33-17-18-5-7-19(8-6-18)24(31)28-23-4-2-1-3-22(23)27/h1-12H,13-17,27H2,(H,28,31). The van der Waals surface area contributed by atoms with Gasteiger partial charge >= 0.3 is 0 Å². The van der Waals surface area contributed by atoms with Crippen molar-refractivity contribution in [3.8, 4) is 0 Å². The largest absolute Gasteiger partial charge is 0.397 e. The maximum absolute atomic E-state index is 12.5. The number of benzene rings is 3. The molecule has 0 unspecified atom stereocenters. The van der Waals surface area contributed by atoms with E-state index in [1.165, 1.54) is 5.69 Å². The quantitative estimate of drug-likeness (QED) is 0.358. The molecule has 0 saturated carbocycles. The molecule has 1 heterocycles. The molecular formula is C25H25ClN4OS2. The average molecular weight is 497 g/mol. The molecule has 1 aliphatic rings. The lowest BCUT2D eigenvalue weighted by atomic mass is 10.1. The molecule has 8 heteroatoms. The number of thioether (sulfide) groups is 1. The number of nitrogen functional groups attached to an aromatic ring is 1. The zero-order chi connectivity index (χ0) is 23.2. The van der Waals surface area contributed by atoms with E-state index in [2.05, 4.69) is 27.2 Å². The molecule has 3 aromatic rings. The van der Waals surface area contributed by atoms with Gasteiger partial charge in [-0.25, -0.2) is 0 Å². The Kier molecular flexibility index (Phi) is 7.75. The second-order valence-corrected chi connectivity index (χ2v) is 9.79. The number of nitrogens with one attached hydrogen (secondary N) is 1. The van der Waals surface area contributed by atoms with Crippen LogP contribution in [-0.4, -0.2) is 41.3 Å². The van der Waals surface area contributed by atoms with Gasteiger partial charge in [0.1, 0.15) is 4.32 Å². The van der Waals surface area contributed by atoms with Gasteiger partial charge in [0, 0.05) is 48.2 Å². The van der Waals surface area contributed by atoms with Gasteiger partial charge in [0.25, 0.3) is 5.91 Å². The summed E-state index contributed by atoms with van der Waals surface area (Å²) in [5.41, 5.74) is 9.96. The highest BCUT2D eigenvalue weighted by molar-refractivity contribution is 8.22. The summed E-state index contributed by atoms with van der Waals surface area (Å²) in [7, 11) is 0. The van der Waals surface area contributed by atoms with Crippen LogP contribution in [-0.2, 0) is 5.75 Å². The van der Waals surface area contributed by atoms with Crippen molar-refractivity contribution in [3.05, 3.63) is 88.9 Å². The van der Waals surface area contributed by atoms with E-state index in [1.54, 1.807) is 23.9 Å². The van der Waals surface area contributed by atoms with Crippen LogP contribution < -0.4 is 16.0 Å². The van der Waals surface area contributed by atoms with Crippen LogP contribution in [0.1, 0.15) is 15.9 Å². The molecule has 1 saturated heterocycles. The van der Waals surface area contributed by atoms with Crippen LogP contribution in [0.3, 0.4) is 0 Å². The fourth-order valence-electron chi connectivity index (χ4n) is 3.59. The van der Waals surface area contributed by atoms with Crippen molar-refractivity contribution >= 4 is 62.9 Å². The summed E-state index contributed by atoms with van der Waals surface area (Å²) in [6.45, 7) is 3.66. The number of halogens is 1. The molecule has 170 valence electrons. The van der Waals surface area contributed by atoms with Gasteiger partial charge in [-0.05, 0) is 54.1 Å². The van der Waals surface area contributed by atoms with Crippen molar-refractivity contribution in [2.45, 2.75) is 5.75 Å². The molecule has 0 aromatic heterocycles. The van der Waals surface area contributed by atoms with Crippen molar-refractivity contribution < 1.29 is 4.79 Å². The molecule has 4 rings (SSSR count). The molecule has 0 aliphatic carbocycles. The maximum Gasteiger partial charge on any atom is 0.255 e. The van der Waals surface area contributed by atoms with E-state index in [0.717, 1.165) is 46.8 Å². The smallest absolute Gasteiger partial charge is 0.255 e. The summed E-state index contributed by atoms with van der Waals surface area (Å²) in [4.78, 5) is 17.1. The van der Waals surface area contributed by atoms with E-state index >= 15 is 0 Å². The summed E-state index contributed by atoms with van der Waals surface area (Å²) in [6, 6.07) is 22.8.